The molecular formula is C11H19NO. The molecule has 2 nitrogen and oxygen atoms in total. The molecule has 1 saturated carbocycles. The summed E-state index contributed by atoms with van der Waals surface area (Å²) in [5.74, 6) is 0.622. The lowest BCUT2D eigenvalue weighted by Crippen LogP contribution is -2.25. The Balaban J connectivity index is 2.27. The molecule has 2 heteroatoms. The van der Waals surface area contributed by atoms with E-state index in [0.717, 1.165) is 19.4 Å². The smallest absolute Gasteiger partial charge is 0.243 e. The SMILES string of the molecule is CC(C)CNC(=O)C=C1CCCC1. The van der Waals surface area contributed by atoms with Crippen LogP contribution in [0, 0.1) is 5.92 Å². The highest BCUT2D eigenvalue weighted by molar-refractivity contribution is 5.88. The minimum absolute atomic E-state index is 0.0885. The monoisotopic (exact) mass is 181 g/mol. The molecule has 0 atom stereocenters. The Kier molecular flexibility index (Phi) is 4.00. The summed E-state index contributed by atoms with van der Waals surface area (Å²) in [6, 6.07) is 0. The molecular weight excluding hydrogens is 162 g/mol. The molecule has 0 aliphatic heterocycles. The number of carbonyl (C=O) groups is 1. The van der Waals surface area contributed by atoms with Gasteiger partial charge < -0.3 is 5.32 Å². The van der Waals surface area contributed by atoms with E-state index in [4.69, 9.17) is 0 Å². The van der Waals surface area contributed by atoms with E-state index < -0.39 is 0 Å². The number of carbonyl (C=O) groups excluding carboxylic acids is 1. The Morgan fingerprint density at radius 3 is 2.62 bits per heavy atom. The van der Waals surface area contributed by atoms with Gasteiger partial charge in [-0.3, -0.25) is 4.79 Å². The van der Waals surface area contributed by atoms with E-state index in [1.165, 1.54) is 18.4 Å². The summed E-state index contributed by atoms with van der Waals surface area (Å²) in [5.41, 5.74) is 1.32. The van der Waals surface area contributed by atoms with Crippen molar-refractivity contribution in [3.05, 3.63) is 11.6 Å². The number of allylic oxidation sites excluding steroid dienone is 1. The predicted molar refractivity (Wildman–Crippen MR) is 54.4 cm³/mol. The second kappa shape index (κ2) is 5.05. The highest BCUT2D eigenvalue weighted by atomic mass is 16.1. The van der Waals surface area contributed by atoms with Gasteiger partial charge in [-0.25, -0.2) is 0 Å². The van der Waals surface area contributed by atoms with E-state index >= 15 is 0 Å². The van der Waals surface area contributed by atoms with Gasteiger partial charge in [-0.1, -0.05) is 19.4 Å². The standard InChI is InChI=1S/C11H19NO/c1-9(2)8-12-11(13)7-10-5-3-4-6-10/h7,9H,3-6,8H2,1-2H3,(H,12,13). The zero-order valence-electron chi connectivity index (χ0n) is 8.60. The van der Waals surface area contributed by atoms with Crippen molar-refractivity contribution in [2.75, 3.05) is 6.54 Å². The van der Waals surface area contributed by atoms with E-state index in [2.05, 4.69) is 19.2 Å². The summed E-state index contributed by atoms with van der Waals surface area (Å²) in [6.07, 6.45) is 6.53. The minimum Gasteiger partial charge on any atom is -0.352 e. The summed E-state index contributed by atoms with van der Waals surface area (Å²) in [6.45, 7) is 4.98. The topological polar surface area (TPSA) is 29.1 Å². The maximum Gasteiger partial charge on any atom is 0.243 e. The van der Waals surface area contributed by atoms with Crippen molar-refractivity contribution in [1.29, 1.82) is 0 Å². The van der Waals surface area contributed by atoms with E-state index in [-0.39, 0.29) is 5.91 Å². The third kappa shape index (κ3) is 4.11. The maximum atomic E-state index is 11.3. The molecule has 1 amide bonds. The highest BCUT2D eigenvalue weighted by Crippen LogP contribution is 2.23. The summed E-state index contributed by atoms with van der Waals surface area (Å²) in [7, 11) is 0. The van der Waals surface area contributed by atoms with Crippen molar-refractivity contribution in [3.8, 4) is 0 Å². The van der Waals surface area contributed by atoms with Crippen LogP contribution in [0.5, 0.6) is 0 Å². The van der Waals surface area contributed by atoms with Crippen molar-refractivity contribution in [2.45, 2.75) is 39.5 Å². The maximum absolute atomic E-state index is 11.3. The summed E-state index contributed by atoms with van der Waals surface area (Å²) >= 11 is 0. The van der Waals surface area contributed by atoms with Gasteiger partial charge in [0.15, 0.2) is 0 Å². The average Bonchev–Trinajstić information content (AvgIpc) is 2.53. The fourth-order valence-corrected chi connectivity index (χ4v) is 1.51. The first kappa shape index (κ1) is 10.3. The first-order valence-electron chi connectivity index (χ1n) is 5.16. The zero-order chi connectivity index (χ0) is 9.68. The molecule has 1 rings (SSSR count). The van der Waals surface area contributed by atoms with Crippen LogP contribution in [-0.4, -0.2) is 12.5 Å². The normalized spacial score (nSPS) is 16.4. The molecule has 0 aromatic heterocycles. The number of amides is 1. The summed E-state index contributed by atoms with van der Waals surface area (Å²) in [4.78, 5) is 11.3. The molecule has 1 N–H and O–H groups in total. The second-order valence-corrected chi connectivity index (χ2v) is 4.15. The van der Waals surface area contributed by atoms with Crippen LogP contribution in [0.4, 0.5) is 0 Å². The highest BCUT2D eigenvalue weighted by Gasteiger charge is 2.08. The predicted octanol–water partition coefficient (Wildman–Crippen LogP) is 2.26. The van der Waals surface area contributed by atoms with E-state index in [1.807, 2.05) is 0 Å². The van der Waals surface area contributed by atoms with Crippen molar-refractivity contribution < 1.29 is 4.79 Å². The first-order valence-corrected chi connectivity index (χ1v) is 5.16. The lowest BCUT2D eigenvalue weighted by Gasteiger charge is -2.05. The molecule has 1 fully saturated rings. The van der Waals surface area contributed by atoms with Gasteiger partial charge >= 0.3 is 0 Å². The number of nitrogens with one attached hydrogen (secondary N) is 1. The Morgan fingerprint density at radius 1 is 1.46 bits per heavy atom. The van der Waals surface area contributed by atoms with Crippen molar-refractivity contribution in [3.63, 3.8) is 0 Å². The lowest BCUT2D eigenvalue weighted by atomic mass is 10.2. The third-order valence-corrected chi connectivity index (χ3v) is 2.27. The molecule has 13 heavy (non-hydrogen) atoms. The van der Waals surface area contributed by atoms with Crippen LogP contribution in [0.2, 0.25) is 0 Å². The summed E-state index contributed by atoms with van der Waals surface area (Å²) in [5, 5.41) is 2.89. The van der Waals surface area contributed by atoms with Crippen LogP contribution < -0.4 is 5.32 Å². The molecule has 0 aromatic rings. The van der Waals surface area contributed by atoms with Crippen LogP contribution in [0.1, 0.15) is 39.5 Å². The summed E-state index contributed by atoms with van der Waals surface area (Å²) < 4.78 is 0. The Bertz CT molecular complexity index is 198. The molecule has 0 heterocycles. The van der Waals surface area contributed by atoms with Crippen LogP contribution in [0.25, 0.3) is 0 Å². The molecule has 0 saturated heterocycles. The van der Waals surface area contributed by atoms with E-state index in [9.17, 15) is 4.79 Å². The lowest BCUT2D eigenvalue weighted by molar-refractivity contribution is -0.116. The molecule has 0 spiro atoms. The van der Waals surface area contributed by atoms with Gasteiger partial charge in [0.1, 0.15) is 0 Å². The molecule has 0 aromatic carbocycles. The van der Waals surface area contributed by atoms with Crippen molar-refractivity contribution in [2.24, 2.45) is 5.92 Å². The third-order valence-electron chi connectivity index (χ3n) is 2.27. The molecule has 1 aliphatic rings. The van der Waals surface area contributed by atoms with Crippen LogP contribution in [0.3, 0.4) is 0 Å². The van der Waals surface area contributed by atoms with Gasteiger partial charge in [-0.15, -0.1) is 0 Å². The fourth-order valence-electron chi connectivity index (χ4n) is 1.51. The van der Waals surface area contributed by atoms with Crippen LogP contribution >= 0.6 is 0 Å². The number of hydrogen-bond donors (Lipinski definition) is 1. The van der Waals surface area contributed by atoms with Crippen molar-refractivity contribution in [1.82, 2.24) is 5.32 Å². The van der Waals surface area contributed by atoms with Gasteiger partial charge in [0.05, 0.1) is 0 Å². The molecule has 0 unspecified atom stereocenters. The van der Waals surface area contributed by atoms with Gasteiger partial charge in [-0.05, 0) is 31.6 Å². The van der Waals surface area contributed by atoms with Gasteiger partial charge in [0.2, 0.25) is 5.91 Å². The first-order chi connectivity index (χ1) is 6.18. The molecule has 0 bridgehead atoms. The van der Waals surface area contributed by atoms with Gasteiger partial charge in [0, 0.05) is 12.6 Å². The van der Waals surface area contributed by atoms with Crippen molar-refractivity contribution >= 4 is 5.91 Å². The van der Waals surface area contributed by atoms with Gasteiger partial charge in [-0.2, -0.15) is 0 Å². The second-order valence-electron chi connectivity index (χ2n) is 4.15. The minimum atomic E-state index is 0.0885. The Morgan fingerprint density at radius 2 is 2.08 bits per heavy atom. The molecule has 1 aliphatic carbocycles. The number of rotatable bonds is 3. The van der Waals surface area contributed by atoms with E-state index in [0.29, 0.717) is 5.92 Å². The zero-order valence-corrected chi connectivity index (χ0v) is 8.60. The molecule has 0 radical (unpaired) electrons. The average molecular weight is 181 g/mol. The van der Waals surface area contributed by atoms with Crippen LogP contribution in [-0.2, 0) is 4.79 Å². The van der Waals surface area contributed by atoms with Crippen LogP contribution in [0.15, 0.2) is 11.6 Å². The largest absolute Gasteiger partial charge is 0.352 e. The Labute approximate surface area is 80.4 Å². The number of hydrogen-bond acceptors (Lipinski definition) is 1. The Hall–Kier alpha value is -0.790. The fraction of sp³-hybridized carbons (Fsp3) is 0.727. The quantitative estimate of drug-likeness (QED) is 0.665. The molecule has 74 valence electrons. The van der Waals surface area contributed by atoms with Gasteiger partial charge in [0.25, 0.3) is 0 Å². The van der Waals surface area contributed by atoms with E-state index in [1.54, 1.807) is 6.08 Å².